The van der Waals surface area contributed by atoms with E-state index in [1.54, 1.807) is 0 Å². The van der Waals surface area contributed by atoms with Crippen LogP contribution in [0.1, 0.15) is 6.42 Å². The second-order valence-electron chi connectivity index (χ2n) is 1.95. The molecule has 0 unspecified atom stereocenters. The summed E-state index contributed by atoms with van der Waals surface area (Å²) >= 11 is 0. The van der Waals surface area contributed by atoms with Crippen molar-refractivity contribution in [1.29, 1.82) is 0 Å². The monoisotopic (exact) mass is 138 g/mol. The highest BCUT2D eigenvalue weighted by Gasteiger charge is 1.91. The van der Waals surface area contributed by atoms with Gasteiger partial charge in [-0.15, -0.1) is 0 Å². The molecule has 54 valence electrons. The summed E-state index contributed by atoms with van der Waals surface area (Å²) in [5, 5.41) is 0. The Morgan fingerprint density at radius 1 is 1.60 bits per heavy atom. The van der Waals surface area contributed by atoms with Crippen LogP contribution in [0.2, 0.25) is 1.41 Å². The summed E-state index contributed by atoms with van der Waals surface area (Å²) in [7, 11) is 1.48. The van der Waals surface area contributed by atoms with E-state index in [9.17, 15) is 0 Å². The van der Waals surface area contributed by atoms with Gasteiger partial charge in [0.05, 0.1) is 7.11 Å². The number of hydrogen-bond donors (Lipinski definition) is 1. The summed E-state index contributed by atoms with van der Waals surface area (Å²) in [6.07, 6.45) is 10.3. The van der Waals surface area contributed by atoms with E-state index in [4.69, 9.17) is 6.25 Å². The Morgan fingerprint density at radius 3 is 3.30 bits per heavy atom. The molecule has 0 heterocycles. The molecule has 1 N–H and O–H groups in total. The van der Waals surface area contributed by atoms with Crippen LogP contribution in [-0.4, -0.2) is 7.11 Å². The van der Waals surface area contributed by atoms with E-state index in [1.165, 1.54) is 7.11 Å². The van der Waals surface area contributed by atoms with Crippen molar-refractivity contribution in [2.75, 3.05) is 7.11 Å². The second kappa shape index (κ2) is 3.90. The summed E-state index contributed by atoms with van der Waals surface area (Å²) in [6.45, 7) is 0. The molecule has 0 aromatic carbocycles. The normalized spacial score (nSPS) is 17.7. The first kappa shape index (κ1) is 5.74. The van der Waals surface area contributed by atoms with Crippen molar-refractivity contribution in [2.45, 2.75) is 6.42 Å². The number of nitrogens with one attached hydrogen (secondary N) is 1. The molecule has 0 bridgehead atoms. The van der Waals surface area contributed by atoms with Gasteiger partial charge in [-0.05, 0) is 6.08 Å². The van der Waals surface area contributed by atoms with E-state index in [1.807, 2.05) is 30.4 Å². The smallest absolute Gasteiger partial charge is 0.195 e. The third-order valence-corrected chi connectivity index (χ3v) is 1.18. The van der Waals surface area contributed by atoms with Crippen molar-refractivity contribution < 1.29 is 6.25 Å². The molecule has 0 atom stereocenters. The summed E-state index contributed by atoms with van der Waals surface area (Å²) in [6, 6.07) is 0. The topological polar surface area (TPSA) is 21.3 Å². The van der Waals surface area contributed by atoms with Gasteiger partial charge in [0.1, 0.15) is 0 Å². The van der Waals surface area contributed by atoms with Crippen LogP contribution >= 0.6 is 0 Å². The molecular weight excluding hydrogens is 126 g/mol. The van der Waals surface area contributed by atoms with Crippen LogP contribution in [0.3, 0.4) is 0 Å². The average molecular weight is 138 g/mol. The predicted octanol–water partition coefficient (Wildman–Crippen LogP) is 1.54. The molecule has 0 aromatic rings. The average Bonchev–Trinajstić information content (AvgIpc) is 2.30. The van der Waals surface area contributed by atoms with Crippen molar-refractivity contribution in [3.05, 3.63) is 36.1 Å². The van der Waals surface area contributed by atoms with Gasteiger partial charge in [0.15, 0.2) is 1.41 Å². The molecule has 0 radical (unpaired) electrons. The number of rotatable bonds is 2. The zero-order valence-corrected chi connectivity index (χ0v) is 5.95. The fraction of sp³-hybridized carbons (Fsp3) is 0.250. The Kier molecular flexibility index (Phi) is 2.24. The van der Waals surface area contributed by atoms with E-state index >= 15 is 0 Å². The molecular formula is C8H11NO. The Morgan fingerprint density at radius 2 is 2.50 bits per heavy atom. The van der Waals surface area contributed by atoms with Crippen LogP contribution < -0.4 is 5.47 Å². The first-order chi connectivity index (χ1) is 5.34. The zero-order valence-electron chi connectivity index (χ0n) is 6.95. The second-order valence-corrected chi connectivity index (χ2v) is 1.95. The minimum Gasteiger partial charge on any atom is -0.280 e. The maximum Gasteiger partial charge on any atom is 0.195 e. The van der Waals surface area contributed by atoms with Crippen LogP contribution in [-0.2, 0) is 4.84 Å². The molecule has 0 aromatic heterocycles. The summed E-state index contributed by atoms with van der Waals surface area (Å²) in [5.74, 6) is 0. The first-order valence-electron chi connectivity index (χ1n) is 3.65. The van der Waals surface area contributed by atoms with Crippen molar-refractivity contribution in [3.8, 4) is 0 Å². The van der Waals surface area contributed by atoms with Gasteiger partial charge in [0.25, 0.3) is 0 Å². The highest BCUT2D eigenvalue weighted by atomic mass is 16.6. The lowest BCUT2D eigenvalue weighted by molar-refractivity contribution is 0.116. The maximum absolute atomic E-state index is 7.29. The molecule has 0 fully saturated rings. The highest BCUT2D eigenvalue weighted by Crippen LogP contribution is 2.02. The van der Waals surface area contributed by atoms with Gasteiger partial charge in [-0.3, -0.25) is 10.3 Å². The van der Waals surface area contributed by atoms with Crippen molar-refractivity contribution >= 4 is 0 Å². The first-order valence-corrected chi connectivity index (χ1v) is 3.20. The molecule has 10 heavy (non-hydrogen) atoms. The number of hydroxylamine groups is 1. The lowest BCUT2D eigenvalue weighted by Gasteiger charge is -2.02. The largest absolute Gasteiger partial charge is 0.280 e. The van der Waals surface area contributed by atoms with E-state index in [2.05, 4.69) is 0 Å². The zero-order chi connectivity index (χ0) is 8.10. The van der Waals surface area contributed by atoms with E-state index in [0.717, 1.165) is 17.6 Å². The third kappa shape index (κ3) is 2.07. The Labute approximate surface area is 62.3 Å². The molecule has 1 aliphatic carbocycles. The van der Waals surface area contributed by atoms with E-state index in [0.29, 0.717) is 0 Å². The van der Waals surface area contributed by atoms with Crippen LogP contribution in [0.25, 0.3) is 0 Å². The van der Waals surface area contributed by atoms with Crippen LogP contribution in [0, 0.1) is 0 Å². The third-order valence-electron chi connectivity index (χ3n) is 1.18. The lowest BCUT2D eigenvalue weighted by Crippen LogP contribution is -2.09. The number of allylic oxidation sites excluding steroid dienone is 5. The number of hydrogen-bond acceptors (Lipinski definition) is 2. The summed E-state index contributed by atoms with van der Waals surface area (Å²) in [5.41, 5.74) is 1.84. The summed E-state index contributed by atoms with van der Waals surface area (Å²) in [4.78, 5) is 4.71. The fourth-order valence-corrected chi connectivity index (χ4v) is 0.751. The van der Waals surface area contributed by atoms with Crippen LogP contribution in [0.4, 0.5) is 0 Å². The highest BCUT2D eigenvalue weighted by molar-refractivity contribution is 5.21. The van der Waals surface area contributed by atoms with Gasteiger partial charge in [-0.1, -0.05) is 24.3 Å². The van der Waals surface area contributed by atoms with Crippen LogP contribution in [0.15, 0.2) is 36.1 Å². The minimum absolute atomic E-state index is 0.740. The molecule has 0 saturated heterocycles. The van der Waals surface area contributed by atoms with Gasteiger partial charge in [0.2, 0.25) is 0 Å². The Hall–Kier alpha value is -1.02. The van der Waals surface area contributed by atoms with Crippen molar-refractivity contribution in [1.82, 2.24) is 5.47 Å². The van der Waals surface area contributed by atoms with Gasteiger partial charge in [-0.2, -0.15) is 0 Å². The standard InChI is InChI=1S/C8H11NO/c1-10-9-8-6-4-2-3-5-7-8/h2-6,9H,7H2,1H3/i/hD. The predicted molar refractivity (Wildman–Crippen MR) is 41.1 cm³/mol. The van der Waals surface area contributed by atoms with E-state index in [-0.39, 0.29) is 0 Å². The maximum atomic E-state index is 7.29. The van der Waals surface area contributed by atoms with Gasteiger partial charge in [-0.25, -0.2) is 0 Å². The molecule has 0 amide bonds. The molecule has 2 nitrogen and oxygen atoms in total. The Bertz CT molecular complexity index is 208. The molecule has 1 rings (SSSR count). The van der Waals surface area contributed by atoms with E-state index < -0.39 is 0 Å². The molecule has 2 heteroatoms. The molecule has 0 spiro atoms. The van der Waals surface area contributed by atoms with Crippen molar-refractivity contribution in [2.24, 2.45) is 0 Å². The van der Waals surface area contributed by atoms with Crippen molar-refractivity contribution in [3.63, 3.8) is 0 Å². The minimum atomic E-state index is 0.740. The quantitative estimate of drug-likeness (QED) is 0.584. The van der Waals surface area contributed by atoms with Gasteiger partial charge < -0.3 is 0 Å². The molecule has 0 saturated carbocycles. The van der Waals surface area contributed by atoms with Gasteiger partial charge >= 0.3 is 0 Å². The van der Waals surface area contributed by atoms with Crippen LogP contribution in [0.5, 0.6) is 0 Å². The Balaban J connectivity index is 2.64. The molecule has 1 aliphatic rings. The fourth-order valence-electron chi connectivity index (χ4n) is 0.751. The lowest BCUT2D eigenvalue weighted by atomic mass is 10.3. The molecule has 0 aliphatic heterocycles. The SMILES string of the molecule is [2H]N(OC)C1=CC=CC=CC1. The summed E-state index contributed by atoms with van der Waals surface area (Å²) < 4.78 is 7.29. The van der Waals surface area contributed by atoms with Gasteiger partial charge in [0, 0.05) is 12.1 Å².